The van der Waals surface area contributed by atoms with Crippen molar-refractivity contribution in [2.45, 2.75) is 38.6 Å². The molecule has 3 heterocycles. The normalized spacial score (nSPS) is 16.1. The van der Waals surface area contributed by atoms with Crippen LogP contribution in [0.5, 0.6) is 5.75 Å². The van der Waals surface area contributed by atoms with Crippen LogP contribution in [0.3, 0.4) is 0 Å². The number of hydrogen-bond acceptors (Lipinski definition) is 4. The Morgan fingerprint density at radius 3 is 2.73 bits per heavy atom. The van der Waals surface area contributed by atoms with Crippen LogP contribution in [-0.2, 0) is 13.1 Å². The summed E-state index contributed by atoms with van der Waals surface area (Å²) in [6, 6.07) is 4.93. The molecular weight excluding hydrogens is 396 g/mol. The highest BCUT2D eigenvalue weighted by Crippen LogP contribution is 2.43. The number of halogens is 2. The molecule has 0 atom stereocenters. The molecule has 2 N–H and O–H groups in total. The molecule has 9 heteroatoms. The van der Waals surface area contributed by atoms with Crippen LogP contribution >= 0.6 is 0 Å². The Bertz CT molecular complexity index is 1200. The van der Waals surface area contributed by atoms with Gasteiger partial charge in [0.05, 0.1) is 10.9 Å². The molecule has 2 aromatic heterocycles. The zero-order valence-electron chi connectivity index (χ0n) is 15.9. The average molecular weight is 415 g/mol. The van der Waals surface area contributed by atoms with Crippen LogP contribution < -0.4 is 15.5 Å². The first-order valence-electron chi connectivity index (χ1n) is 9.74. The van der Waals surface area contributed by atoms with Gasteiger partial charge in [0.1, 0.15) is 5.56 Å². The van der Waals surface area contributed by atoms with Crippen LogP contribution in [0.15, 0.2) is 35.4 Å². The molecule has 0 spiro atoms. The molecule has 0 amide bonds. The van der Waals surface area contributed by atoms with Gasteiger partial charge in [-0.3, -0.25) is 4.79 Å². The summed E-state index contributed by atoms with van der Waals surface area (Å²) >= 11 is 0. The highest BCUT2D eigenvalue weighted by atomic mass is 19.3. The lowest BCUT2D eigenvalue weighted by molar-refractivity contribution is -0.0486. The maximum Gasteiger partial charge on any atom is 0.387 e. The lowest BCUT2D eigenvalue weighted by atomic mass is 10.0. The third-order valence-electron chi connectivity index (χ3n) is 5.66. The molecule has 1 fully saturated rings. The van der Waals surface area contributed by atoms with Gasteiger partial charge in [-0.15, -0.1) is 0 Å². The summed E-state index contributed by atoms with van der Waals surface area (Å²) in [4.78, 5) is 24.3. The SMILES string of the molecule is O=C(O)c1cn(C2CC2)c2c(OC(F)F)c(-c3cc4n(c3)CCNC4)ccc2c1=O. The second-order valence-corrected chi connectivity index (χ2v) is 7.62. The summed E-state index contributed by atoms with van der Waals surface area (Å²) in [7, 11) is 0. The van der Waals surface area contributed by atoms with Crippen LogP contribution in [0.1, 0.15) is 34.9 Å². The summed E-state index contributed by atoms with van der Waals surface area (Å²) in [5.41, 5.74) is 1.31. The van der Waals surface area contributed by atoms with E-state index in [9.17, 15) is 23.5 Å². The number of carboxylic acid groups (broad SMARTS) is 1. The van der Waals surface area contributed by atoms with Gasteiger partial charge in [0.2, 0.25) is 5.43 Å². The van der Waals surface area contributed by atoms with Gasteiger partial charge in [0.15, 0.2) is 5.75 Å². The fourth-order valence-corrected chi connectivity index (χ4v) is 4.12. The van der Waals surface area contributed by atoms with E-state index in [1.165, 1.54) is 12.3 Å². The minimum Gasteiger partial charge on any atom is -0.477 e. The van der Waals surface area contributed by atoms with Crippen LogP contribution in [0.2, 0.25) is 0 Å². The molecule has 0 bridgehead atoms. The number of fused-ring (bicyclic) bond motifs is 2. The van der Waals surface area contributed by atoms with E-state index in [2.05, 4.69) is 9.88 Å². The van der Waals surface area contributed by atoms with Crippen molar-refractivity contribution in [3.05, 3.63) is 52.1 Å². The zero-order valence-corrected chi connectivity index (χ0v) is 15.9. The number of rotatable bonds is 5. The molecule has 1 aliphatic carbocycles. The maximum atomic E-state index is 13.4. The van der Waals surface area contributed by atoms with E-state index in [4.69, 9.17) is 4.74 Å². The summed E-state index contributed by atoms with van der Waals surface area (Å²) < 4.78 is 35.4. The van der Waals surface area contributed by atoms with E-state index in [1.54, 1.807) is 10.6 Å². The summed E-state index contributed by atoms with van der Waals surface area (Å²) in [5, 5.41) is 12.7. The third-order valence-corrected chi connectivity index (χ3v) is 5.66. The maximum absolute atomic E-state index is 13.4. The van der Waals surface area contributed by atoms with Crippen molar-refractivity contribution < 1.29 is 23.4 Å². The monoisotopic (exact) mass is 415 g/mol. The minimum absolute atomic E-state index is 0.0482. The van der Waals surface area contributed by atoms with Gasteiger partial charge in [-0.25, -0.2) is 4.79 Å². The lowest BCUT2D eigenvalue weighted by Gasteiger charge is -2.18. The Labute approximate surface area is 169 Å². The molecule has 1 aromatic carbocycles. The Hall–Kier alpha value is -3.20. The Morgan fingerprint density at radius 2 is 2.07 bits per heavy atom. The number of nitrogens with one attached hydrogen (secondary N) is 1. The van der Waals surface area contributed by atoms with E-state index >= 15 is 0 Å². The lowest BCUT2D eigenvalue weighted by Crippen LogP contribution is -2.27. The second-order valence-electron chi connectivity index (χ2n) is 7.62. The van der Waals surface area contributed by atoms with Gasteiger partial charge < -0.3 is 24.3 Å². The zero-order chi connectivity index (χ0) is 21.0. The smallest absolute Gasteiger partial charge is 0.387 e. The summed E-state index contributed by atoms with van der Waals surface area (Å²) in [6.07, 6.45) is 4.70. The molecule has 7 nitrogen and oxygen atoms in total. The number of pyridine rings is 1. The van der Waals surface area contributed by atoms with Crippen LogP contribution in [0.4, 0.5) is 8.78 Å². The molecule has 0 radical (unpaired) electrons. The molecule has 0 saturated heterocycles. The fraction of sp³-hybridized carbons (Fsp3) is 0.333. The molecule has 2 aliphatic rings. The van der Waals surface area contributed by atoms with Crippen molar-refractivity contribution >= 4 is 16.9 Å². The quantitative estimate of drug-likeness (QED) is 0.669. The van der Waals surface area contributed by atoms with Crippen molar-refractivity contribution in [2.75, 3.05) is 6.54 Å². The number of hydrogen-bond donors (Lipinski definition) is 2. The van der Waals surface area contributed by atoms with Gasteiger partial charge in [0.25, 0.3) is 0 Å². The number of carboxylic acids is 1. The standard InChI is InChI=1S/C21H19F2N3O4/c22-21(23)30-19-14(11-7-13-8-24-5-6-25(13)9-11)3-4-15-17(19)26(12-1-2-12)10-16(18(15)27)20(28)29/h3-4,7,9-10,12,21,24H,1-2,5-6,8H2,(H,28,29). The first-order chi connectivity index (χ1) is 14.4. The molecule has 5 rings (SSSR count). The number of nitrogens with zero attached hydrogens (tertiary/aromatic N) is 2. The van der Waals surface area contributed by atoms with Crippen molar-refractivity contribution in [1.82, 2.24) is 14.5 Å². The number of aromatic nitrogens is 2. The minimum atomic E-state index is -3.09. The number of ether oxygens (including phenoxy) is 1. The van der Waals surface area contributed by atoms with Gasteiger partial charge in [-0.1, -0.05) is 0 Å². The Kier molecular flexibility index (Phi) is 4.35. The predicted octanol–water partition coefficient (Wildman–Crippen LogP) is 3.21. The average Bonchev–Trinajstić information content (AvgIpc) is 3.46. The second kappa shape index (κ2) is 6.94. The van der Waals surface area contributed by atoms with Crippen molar-refractivity contribution in [3.8, 4) is 16.9 Å². The number of carbonyl (C=O) groups is 1. The molecule has 1 aliphatic heterocycles. The van der Waals surface area contributed by atoms with Gasteiger partial charge in [-0.05, 0) is 31.0 Å². The highest BCUT2D eigenvalue weighted by Gasteiger charge is 2.30. The van der Waals surface area contributed by atoms with Gasteiger partial charge in [-0.2, -0.15) is 8.78 Å². The van der Waals surface area contributed by atoms with Crippen molar-refractivity contribution in [1.29, 1.82) is 0 Å². The van der Waals surface area contributed by atoms with E-state index in [1.807, 2.05) is 12.3 Å². The first kappa shape index (κ1) is 18.8. The summed E-state index contributed by atoms with van der Waals surface area (Å²) in [5.74, 6) is -1.44. The highest BCUT2D eigenvalue weighted by molar-refractivity contribution is 5.97. The molecule has 1 saturated carbocycles. The van der Waals surface area contributed by atoms with E-state index in [-0.39, 0.29) is 28.3 Å². The van der Waals surface area contributed by atoms with Crippen LogP contribution in [-0.4, -0.2) is 33.4 Å². The van der Waals surface area contributed by atoms with Gasteiger partial charge >= 0.3 is 12.6 Å². The van der Waals surface area contributed by atoms with E-state index in [0.717, 1.165) is 31.6 Å². The number of aromatic carboxylic acids is 1. The Morgan fingerprint density at radius 1 is 1.27 bits per heavy atom. The number of benzene rings is 1. The fourth-order valence-electron chi connectivity index (χ4n) is 4.12. The number of alkyl halides is 2. The van der Waals surface area contributed by atoms with E-state index in [0.29, 0.717) is 17.7 Å². The topological polar surface area (TPSA) is 85.5 Å². The largest absolute Gasteiger partial charge is 0.477 e. The Balaban J connectivity index is 1.81. The van der Waals surface area contributed by atoms with E-state index < -0.39 is 18.0 Å². The van der Waals surface area contributed by atoms with Crippen LogP contribution in [0, 0.1) is 0 Å². The summed E-state index contributed by atoms with van der Waals surface area (Å²) in [6.45, 7) is -0.829. The van der Waals surface area contributed by atoms with Crippen molar-refractivity contribution in [2.24, 2.45) is 0 Å². The molecule has 3 aromatic rings. The molecule has 30 heavy (non-hydrogen) atoms. The molecular formula is C21H19F2N3O4. The molecule has 0 unspecified atom stereocenters. The molecule has 156 valence electrons. The van der Waals surface area contributed by atoms with Gasteiger partial charge in [0, 0.05) is 54.9 Å². The predicted molar refractivity (Wildman–Crippen MR) is 105 cm³/mol. The van der Waals surface area contributed by atoms with Crippen molar-refractivity contribution in [3.63, 3.8) is 0 Å². The third kappa shape index (κ3) is 3.06. The van der Waals surface area contributed by atoms with Crippen LogP contribution in [0.25, 0.3) is 22.0 Å². The first-order valence-corrected chi connectivity index (χ1v) is 9.74.